The fraction of sp³-hybridized carbons (Fsp3) is 0.933. The molecule has 0 saturated carbocycles. The maximum Gasteiger partial charge on any atom is 0.234 e. The van der Waals surface area contributed by atoms with Gasteiger partial charge in [0, 0.05) is 38.8 Å². The van der Waals surface area contributed by atoms with Gasteiger partial charge in [-0.15, -0.1) is 0 Å². The lowest BCUT2D eigenvalue weighted by Gasteiger charge is -2.32. The Morgan fingerprint density at radius 3 is 2.35 bits per heavy atom. The first-order valence-electron chi connectivity index (χ1n) is 7.94. The van der Waals surface area contributed by atoms with Crippen LogP contribution in [0.5, 0.6) is 0 Å². The van der Waals surface area contributed by atoms with Crippen LogP contribution in [0.1, 0.15) is 26.7 Å². The number of rotatable bonds is 8. The largest absolute Gasteiger partial charge is 0.353 e. The number of carbonyl (C=O) groups excluding carboxylic acids is 1. The number of piperazine rings is 1. The second-order valence-corrected chi connectivity index (χ2v) is 5.94. The van der Waals surface area contributed by atoms with E-state index in [0.29, 0.717) is 18.5 Å². The van der Waals surface area contributed by atoms with Crippen LogP contribution in [0, 0.1) is 5.92 Å². The highest BCUT2D eigenvalue weighted by atomic mass is 16.2. The monoisotopic (exact) mass is 284 g/mol. The van der Waals surface area contributed by atoms with Crippen LogP contribution < -0.4 is 10.6 Å². The molecule has 1 aliphatic rings. The normalized spacial score (nSPS) is 18.5. The van der Waals surface area contributed by atoms with Crippen LogP contribution in [0.15, 0.2) is 0 Å². The average Bonchev–Trinajstić information content (AvgIpc) is 2.44. The summed E-state index contributed by atoms with van der Waals surface area (Å²) in [6.45, 7) is 9.66. The minimum Gasteiger partial charge on any atom is -0.353 e. The Balaban J connectivity index is 2.36. The summed E-state index contributed by atoms with van der Waals surface area (Å²) in [5.74, 6) is 0.800. The van der Waals surface area contributed by atoms with Gasteiger partial charge in [-0.25, -0.2) is 0 Å². The van der Waals surface area contributed by atoms with Crippen LogP contribution in [-0.4, -0.2) is 75.1 Å². The summed E-state index contributed by atoms with van der Waals surface area (Å²) >= 11 is 0. The van der Waals surface area contributed by atoms with Gasteiger partial charge in [0.1, 0.15) is 0 Å². The third-order valence-corrected chi connectivity index (χ3v) is 4.34. The van der Waals surface area contributed by atoms with Gasteiger partial charge in [0.2, 0.25) is 5.91 Å². The molecule has 0 bridgehead atoms. The van der Waals surface area contributed by atoms with Crippen molar-refractivity contribution >= 4 is 5.91 Å². The molecular formula is C15H32N4O. The van der Waals surface area contributed by atoms with Crippen LogP contribution in [0.25, 0.3) is 0 Å². The summed E-state index contributed by atoms with van der Waals surface area (Å²) < 4.78 is 0. The maximum atomic E-state index is 12.0. The van der Waals surface area contributed by atoms with Gasteiger partial charge in [-0.1, -0.05) is 26.7 Å². The Bertz CT molecular complexity index is 273. The van der Waals surface area contributed by atoms with Gasteiger partial charge in [0.05, 0.1) is 6.54 Å². The molecule has 0 spiro atoms. The molecule has 1 aliphatic heterocycles. The van der Waals surface area contributed by atoms with E-state index >= 15 is 0 Å². The molecule has 0 aromatic rings. The van der Waals surface area contributed by atoms with Crippen molar-refractivity contribution in [1.29, 1.82) is 0 Å². The molecule has 1 heterocycles. The second kappa shape index (κ2) is 9.32. The summed E-state index contributed by atoms with van der Waals surface area (Å²) in [6, 6.07) is 0.428. The van der Waals surface area contributed by atoms with Crippen LogP contribution in [0.2, 0.25) is 0 Å². The summed E-state index contributed by atoms with van der Waals surface area (Å²) in [6.07, 6.45) is 2.32. The van der Waals surface area contributed by atoms with E-state index in [2.05, 4.69) is 48.4 Å². The topological polar surface area (TPSA) is 47.6 Å². The zero-order chi connectivity index (χ0) is 15.0. The van der Waals surface area contributed by atoms with Crippen molar-refractivity contribution in [2.24, 2.45) is 5.92 Å². The van der Waals surface area contributed by atoms with E-state index in [4.69, 9.17) is 0 Å². The Morgan fingerprint density at radius 1 is 1.25 bits per heavy atom. The van der Waals surface area contributed by atoms with Gasteiger partial charge in [-0.2, -0.15) is 0 Å². The molecule has 1 unspecified atom stereocenters. The molecule has 5 nitrogen and oxygen atoms in total. The van der Waals surface area contributed by atoms with Crippen molar-refractivity contribution in [3.05, 3.63) is 0 Å². The first-order chi connectivity index (χ1) is 9.58. The van der Waals surface area contributed by atoms with Crippen LogP contribution >= 0.6 is 0 Å². The number of likely N-dealkylation sites (N-methyl/N-ethyl adjacent to an activating group) is 1. The zero-order valence-electron chi connectivity index (χ0n) is 13.6. The molecule has 1 saturated heterocycles. The van der Waals surface area contributed by atoms with Crippen molar-refractivity contribution in [2.45, 2.75) is 32.7 Å². The predicted octanol–water partition coefficient (Wildman–Crippen LogP) is 0.374. The molecule has 5 heteroatoms. The number of nitrogens with one attached hydrogen (secondary N) is 2. The van der Waals surface area contributed by atoms with E-state index < -0.39 is 0 Å². The summed E-state index contributed by atoms with van der Waals surface area (Å²) in [5, 5.41) is 6.42. The van der Waals surface area contributed by atoms with E-state index in [0.717, 1.165) is 45.6 Å². The lowest BCUT2D eigenvalue weighted by atomic mass is 9.93. The van der Waals surface area contributed by atoms with Crippen molar-refractivity contribution in [1.82, 2.24) is 20.4 Å². The third kappa shape index (κ3) is 5.77. The van der Waals surface area contributed by atoms with Crippen molar-refractivity contribution in [3.63, 3.8) is 0 Å². The lowest BCUT2D eigenvalue weighted by Crippen LogP contribution is -2.50. The minimum atomic E-state index is 0.157. The minimum absolute atomic E-state index is 0.157. The highest BCUT2D eigenvalue weighted by molar-refractivity contribution is 5.78. The molecule has 0 aromatic carbocycles. The highest BCUT2D eigenvalue weighted by Gasteiger charge is 2.21. The second-order valence-electron chi connectivity index (χ2n) is 5.94. The van der Waals surface area contributed by atoms with E-state index in [9.17, 15) is 4.79 Å². The maximum absolute atomic E-state index is 12.0. The first-order valence-corrected chi connectivity index (χ1v) is 7.94. The third-order valence-electron chi connectivity index (χ3n) is 4.34. The number of hydrogen-bond acceptors (Lipinski definition) is 4. The summed E-state index contributed by atoms with van der Waals surface area (Å²) in [7, 11) is 4.21. The fourth-order valence-electron chi connectivity index (χ4n) is 2.95. The molecule has 0 aliphatic carbocycles. The Hall–Kier alpha value is -0.650. The highest BCUT2D eigenvalue weighted by Crippen LogP contribution is 2.16. The van der Waals surface area contributed by atoms with Gasteiger partial charge in [0.15, 0.2) is 0 Å². The SMILES string of the molecule is CCC(CC)C(CNC(=O)CN1CCNCC1)N(C)C. The predicted molar refractivity (Wildman–Crippen MR) is 83.9 cm³/mol. The van der Waals surface area contributed by atoms with E-state index in [-0.39, 0.29) is 5.91 Å². The van der Waals surface area contributed by atoms with Crippen molar-refractivity contribution in [2.75, 3.05) is 53.4 Å². The fourth-order valence-corrected chi connectivity index (χ4v) is 2.95. The smallest absolute Gasteiger partial charge is 0.234 e. The molecule has 0 radical (unpaired) electrons. The summed E-state index contributed by atoms with van der Waals surface area (Å²) in [4.78, 5) is 16.5. The quantitative estimate of drug-likeness (QED) is 0.676. The van der Waals surface area contributed by atoms with Crippen LogP contribution in [0.3, 0.4) is 0 Å². The molecule has 1 fully saturated rings. The first kappa shape index (κ1) is 17.4. The molecule has 0 aromatic heterocycles. The summed E-state index contributed by atoms with van der Waals surface area (Å²) in [5.41, 5.74) is 0. The zero-order valence-corrected chi connectivity index (χ0v) is 13.6. The van der Waals surface area contributed by atoms with Crippen LogP contribution in [0.4, 0.5) is 0 Å². The Kier molecular flexibility index (Phi) is 8.11. The number of amides is 1. The molecule has 118 valence electrons. The molecule has 1 atom stereocenters. The van der Waals surface area contributed by atoms with E-state index in [1.54, 1.807) is 0 Å². The Morgan fingerprint density at radius 2 is 1.85 bits per heavy atom. The van der Waals surface area contributed by atoms with Gasteiger partial charge >= 0.3 is 0 Å². The number of hydrogen-bond donors (Lipinski definition) is 2. The van der Waals surface area contributed by atoms with E-state index in [1.165, 1.54) is 0 Å². The van der Waals surface area contributed by atoms with Gasteiger partial charge in [-0.3, -0.25) is 9.69 Å². The average molecular weight is 284 g/mol. The number of carbonyl (C=O) groups is 1. The van der Waals surface area contributed by atoms with Gasteiger partial charge < -0.3 is 15.5 Å². The molecule has 20 heavy (non-hydrogen) atoms. The Labute approximate surface area is 124 Å². The molecular weight excluding hydrogens is 252 g/mol. The molecule has 2 N–H and O–H groups in total. The van der Waals surface area contributed by atoms with Crippen molar-refractivity contribution in [3.8, 4) is 0 Å². The lowest BCUT2D eigenvalue weighted by molar-refractivity contribution is -0.122. The van der Waals surface area contributed by atoms with Gasteiger partial charge in [-0.05, 0) is 20.0 Å². The number of nitrogens with zero attached hydrogens (tertiary/aromatic N) is 2. The van der Waals surface area contributed by atoms with E-state index in [1.807, 2.05) is 0 Å². The molecule has 1 amide bonds. The molecule has 1 rings (SSSR count). The van der Waals surface area contributed by atoms with Gasteiger partial charge in [0.25, 0.3) is 0 Å². The van der Waals surface area contributed by atoms with Crippen molar-refractivity contribution < 1.29 is 4.79 Å². The standard InChI is InChI=1S/C15H32N4O/c1-5-13(6-2)14(18(3)4)11-17-15(20)12-19-9-7-16-8-10-19/h13-14,16H,5-12H2,1-4H3,(H,17,20). The van der Waals surface area contributed by atoms with Crippen LogP contribution in [-0.2, 0) is 4.79 Å².